The Hall–Kier alpha value is -3.59. The number of carbonyl (C=O) groups excluding carboxylic acids is 2. The number of nitrogens with one attached hydrogen (secondary N) is 1. The van der Waals surface area contributed by atoms with Crippen molar-refractivity contribution in [2.24, 2.45) is 5.73 Å². The van der Waals surface area contributed by atoms with Gasteiger partial charge in [-0.25, -0.2) is 9.59 Å². The van der Waals surface area contributed by atoms with Crippen molar-refractivity contribution in [2.75, 3.05) is 0 Å². The monoisotopic (exact) mass is 360 g/mol. The van der Waals surface area contributed by atoms with E-state index in [0.29, 0.717) is 5.56 Å². The number of carboxylic acids is 1. The molecule has 26 heavy (non-hydrogen) atoms. The molecule has 1 atom stereocenters. The summed E-state index contributed by atoms with van der Waals surface area (Å²) >= 11 is 0. The van der Waals surface area contributed by atoms with Crippen molar-refractivity contribution in [3.8, 4) is 11.5 Å². The van der Waals surface area contributed by atoms with Crippen LogP contribution in [0.4, 0.5) is 9.59 Å². The van der Waals surface area contributed by atoms with Crippen LogP contribution in [-0.2, 0) is 16.1 Å². The summed E-state index contributed by atoms with van der Waals surface area (Å²) in [5, 5.41) is 8.76. The molecule has 0 bridgehead atoms. The minimum atomic E-state index is -1.13. The van der Waals surface area contributed by atoms with Crippen molar-refractivity contribution in [1.82, 2.24) is 5.48 Å². The third-order valence-corrected chi connectivity index (χ3v) is 3.07. The molecule has 0 unspecified atom stereocenters. The average molecular weight is 360 g/mol. The Bertz CT molecular complexity index is 762. The zero-order valence-corrected chi connectivity index (χ0v) is 13.5. The van der Waals surface area contributed by atoms with Crippen LogP contribution in [0.1, 0.15) is 5.56 Å². The quantitative estimate of drug-likeness (QED) is 0.417. The van der Waals surface area contributed by atoms with Crippen LogP contribution >= 0.6 is 0 Å². The molecular formula is C17H16N2O7. The summed E-state index contributed by atoms with van der Waals surface area (Å²) in [6, 6.07) is 13.2. The number of nitrogens with two attached hydrogens (primary N) is 1. The molecule has 0 fully saturated rings. The van der Waals surface area contributed by atoms with Gasteiger partial charge in [0, 0.05) is 0 Å². The highest BCUT2D eigenvalue weighted by molar-refractivity contribution is 5.73. The molecule has 0 aliphatic rings. The van der Waals surface area contributed by atoms with Crippen molar-refractivity contribution < 1.29 is 33.8 Å². The molecule has 2 aromatic rings. The lowest BCUT2D eigenvalue weighted by atomic mass is 10.1. The zero-order chi connectivity index (χ0) is 18.9. The van der Waals surface area contributed by atoms with Crippen LogP contribution < -0.4 is 20.7 Å². The fraction of sp³-hybridized carbons (Fsp3) is 0.118. The first-order chi connectivity index (χ1) is 12.4. The molecule has 0 aliphatic carbocycles. The average Bonchev–Trinajstić information content (AvgIpc) is 2.62. The van der Waals surface area contributed by atoms with E-state index >= 15 is 0 Å². The predicted octanol–water partition coefficient (Wildman–Crippen LogP) is 1.86. The summed E-state index contributed by atoms with van der Waals surface area (Å²) in [5.41, 5.74) is 7.88. The van der Waals surface area contributed by atoms with Gasteiger partial charge in [0.15, 0.2) is 0 Å². The molecule has 1 amide bonds. The number of rotatable bonds is 5. The van der Waals surface area contributed by atoms with Gasteiger partial charge in [0.2, 0.25) is 0 Å². The lowest BCUT2D eigenvalue weighted by Crippen LogP contribution is -2.32. The molecule has 2 rings (SSSR count). The second-order valence-electron chi connectivity index (χ2n) is 5.05. The standard InChI is InChI=1S/C17H16N2O7/c18-14(15(20)21)10-11-6-8-13(9-7-11)24-16(22)19-26-17(23)25-12-4-2-1-3-5-12/h1-9,14H,10,18H2,(H,19,22)(H,20,21)/t14-/m1/s1. The lowest BCUT2D eigenvalue weighted by Gasteiger charge is -2.09. The van der Waals surface area contributed by atoms with Crippen molar-refractivity contribution >= 4 is 18.2 Å². The Labute approximate surface area is 148 Å². The first-order valence-corrected chi connectivity index (χ1v) is 7.43. The van der Waals surface area contributed by atoms with Gasteiger partial charge in [0.25, 0.3) is 0 Å². The summed E-state index contributed by atoms with van der Waals surface area (Å²) < 4.78 is 9.69. The summed E-state index contributed by atoms with van der Waals surface area (Å²) in [6.45, 7) is 0. The van der Waals surface area contributed by atoms with Gasteiger partial charge >= 0.3 is 18.2 Å². The summed E-state index contributed by atoms with van der Waals surface area (Å²) in [7, 11) is 0. The van der Waals surface area contributed by atoms with Crippen LogP contribution in [0.25, 0.3) is 0 Å². The van der Waals surface area contributed by atoms with Gasteiger partial charge in [0.1, 0.15) is 17.5 Å². The Morgan fingerprint density at radius 3 is 2.19 bits per heavy atom. The minimum Gasteiger partial charge on any atom is -0.480 e. The van der Waals surface area contributed by atoms with E-state index in [1.807, 2.05) is 0 Å². The van der Waals surface area contributed by atoms with Gasteiger partial charge in [-0.1, -0.05) is 30.3 Å². The SMILES string of the molecule is N[C@H](Cc1ccc(OC(=O)NOC(=O)Oc2ccccc2)cc1)C(=O)O. The highest BCUT2D eigenvalue weighted by Gasteiger charge is 2.13. The van der Waals surface area contributed by atoms with Crippen LogP contribution in [0.2, 0.25) is 0 Å². The molecule has 0 aliphatic heterocycles. The number of amides is 1. The number of carbonyl (C=O) groups is 3. The Balaban J connectivity index is 1.77. The summed E-state index contributed by atoms with van der Waals surface area (Å²) in [5.74, 6) is -0.692. The molecule has 0 saturated heterocycles. The van der Waals surface area contributed by atoms with Crippen molar-refractivity contribution in [3.63, 3.8) is 0 Å². The number of benzene rings is 2. The van der Waals surface area contributed by atoms with E-state index in [-0.39, 0.29) is 17.9 Å². The second kappa shape index (κ2) is 9.04. The van der Waals surface area contributed by atoms with Gasteiger partial charge in [-0.2, -0.15) is 0 Å². The van der Waals surface area contributed by atoms with Crippen molar-refractivity contribution in [2.45, 2.75) is 12.5 Å². The molecule has 0 heterocycles. The van der Waals surface area contributed by atoms with Crippen LogP contribution in [0.15, 0.2) is 54.6 Å². The van der Waals surface area contributed by atoms with Crippen LogP contribution in [0.3, 0.4) is 0 Å². The Kier molecular flexibility index (Phi) is 6.52. The second-order valence-corrected chi connectivity index (χ2v) is 5.05. The molecule has 0 aromatic heterocycles. The van der Waals surface area contributed by atoms with Crippen molar-refractivity contribution in [1.29, 1.82) is 0 Å². The first kappa shape index (κ1) is 18.7. The number of aliphatic carboxylic acids is 1. The highest BCUT2D eigenvalue weighted by atomic mass is 16.8. The summed E-state index contributed by atoms with van der Waals surface area (Å²) in [6.07, 6.45) is -2.04. The molecule has 0 saturated carbocycles. The molecule has 0 radical (unpaired) electrons. The maximum absolute atomic E-state index is 11.6. The fourth-order valence-corrected chi connectivity index (χ4v) is 1.85. The maximum Gasteiger partial charge on any atom is 0.539 e. The molecule has 2 aromatic carbocycles. The topological polar surface area (TPSA) is 137 Å². The van der Waals surface area contributed by atoms with Crippen LogP contribution in [0, 0.1) is 0 Å². The molecular weight excluding hydrogens is 344 g/mol. The third kappa shape index (κ3) is 6.13. The van der Waals surface area contributed by atoms with E-state index < -0.39 is 24.3 Å². The molecule has 9 nitrogen and oxygen atoms in total. The number of ether oxygens (including phenoxy) is 2. The highest BCUT2D eigenvalue weighted by Crippen LogP contribution is 2.13. The lowest BCUT2D eigenvalue weighted by molar-refractivity contribution is -0.138. The number of para-hydroxylation sites is 1. The fourth-order valence-electron chi connectivity index (χ4n) is 1.85. The van der Waals surface area contributed by atoms with Crippen LogP contribution in [-0.4, -0.2) is 29.4 Å². The predicted molar refractivity (Wildman–Crippen MR) is 88.5 cm³/mol. The van der Waals surface area contributed by atoms with E-state index in [4.69, 9.17) is 20.3 Å². The molecule has 4 N–H and O–H groups in total. The third-order valence-electron chi connectivity index (χ3n) is 3.07. The molecule has 0 spiro atoms. The normalized spacial score (nSPS) is 11.1. The maximum atomic E-state index is 11.6. The Morgan fingerprint density at radius 2 is 1.58 bits per heavy atom. The van der Waals surface area contributed by atoms with Gasteiger partial charge in [-0.3, -0.25) is 4.79 Å². The van der Waals surface area contributed by atoms with Gasteiger partial charge in [-0.15, -0.1) is 5.48 Å². The van der Waals surface area contributed by atoms with E-state index in [1.54, 1.807) is 35.8 Å². The number of hydroxylamine groups is 1. The van der Waals surface area contributed by atoms with Crippen LogP contribution in [0.5, 0.6) is 11.5 Å². The molecule has 136 valence electrons. The van der Waals surface area contributed by atoms with E-state index in [2.05, 4.69) is 4.84 Å². The Morgan fingerprint density at radius 1 is 0.962 bits per heavy atom. The first-order valence-electron chi connectivity index (χ1n) is 7.43. The smallest absolute Gasteiger partial charge is 0.480 e. The minimum absolute atomic E-state index is 0.135. The summed E-state index contributed by atoms with van der Waals surface area (Å²) in [4.78, 5) is 38.1. The molecule has 9 heteroatoms. The largest absolute Gasteiger partial charge is 0.539 e. The number of hydrogen-bond acceptors (Lipinski definition) is 7. The van der Waals surface area contributed by atoms with E-state index in [0.717, 1.165) is 0 Å². The number of carboxylic acid groups (broad SMARTS) is 1. The van der Waals surface area contributed by atoms with E-state index in [1.165, 1.54) is 24.3 Å². The van der Waals surface area contributed by atoms with E-state index in [9.17, 15) is 14.4 Å². The van der Waals surface area contributed by atoms with Crippen molar-refractivity contribution in [3.05, 3.63) is 60.2 Å². The van der Waals surface area contributed by atoms with Gasteiger partial charge in [-0.05, 0) is 36.2 Å². The number of hydrogen-bond donors (Lipinski definition) is 3. The zero-order valence-electron chi connectivity index (χ0n) is 13.5. The van der Waals surface area contributed by atoms with Gasteiger partial charge in [0.05, 0.1) is 0 Å². The van der Waals surface area contributed by atoms with Gasteiger partial charge < -0.3 is 25.2 Å².